The minimum Gasteiger partial charge on any atom is -0.385 e. The molecule has 1 saturated carbocycles. The van der Waals surface area contributed by atoms with Gasteiger partial charge in [-0.05, 0) is 43.4 Å². The minimum absolute atomic E-state index is 0. The normalized spacial score (nSPS) is 23.1. The van der Waals surface area contributed by atoms with Crippen molar-refractivity contribution in [2.75, 3.05) is 40.5 Å². The van der Waals surface area contributed by atoms with Crippen LogP contribution in [0.15, 0.2) is 33.7 Å². The summed E-state index contributed by atoms with van der Waals surface area (Å²) >= 11 is 3.50. The molecule has 2 unspecified atom stereocenters. The maximum atomic E-state index is 5.95. The Morgan fingerprint density at radius 1 is 1.22 bits per heavy atom. The number of aliphatic imine (C=N–C) groups is 1. The van der Waals surface area contributed by atoms with Crippen molar-refractivity contribution in [3.05, 3.63) is 34.3 Å². The first kappa shape index (κ1) is 22.9. The lowest BCUT2D eigenvalue weighted by Crippen LogP contribution is -2.47. The number of nitrogens with zero attached hydrogens (tertiary/aromatic N) is 2. The topological polar surface area (TPSA) is 46.1 Å². The van der Waals surface area contributed by atoms with E-state index in [0.717, 1.165) is 56.0 Å². The molecule has 152 valence electrons. The van der Waals surface area contributed by atoms with Crippen LogP contribution < -0.4 is 5.32 Å². The van der Waals surface area contributed by atoms with Crippen LogP contribution in [-0.4, -0.2) is 63.5 Å². The van der Waals surface area contributed by atoms with Gasteiger partial charge in [0.25, 0.3) is 0 Å². The van der Waals surface area contributed by atoms with Crippen molar-refractivity contribution >= 4 is 45.9 Å². The van der Waals surface area contributed by atoms with Crippen LogP contribution in [0.1, 0.15) is 37.2 Å². The van der Waals surface area contributed by atoms with E-state index in [0.29, 0.717) is 18.1 Å². The van der Waals surface area contributed by atoms with Gasteiger partial charge < -0.3 is 19.7 Å². The molecule has 1 aliphatic carbocycles. The van der Waals surface area contributed by atoms with E-state index < -0.39 is 0 Å². The molecule has 2 fully saturated rings. The summed E-state index contributed by atoms with van der Waals surface area (Å²) in [5.74, 6) is 1.63. The van der Waals surface area contributed by atoms with Crippen LogP contribution in [0.25, 0.3) is 0 Å². The average molecular weight is 552 g/mol. The van der Waals surface area contributed by atoms with Crippen molar-refractivity contribution < 1.29 is 9.47 Å². The first-order valence-electron chi connectivity index (χ1n) is 9.55. The second-order valence-electron chi connectivity index (χ2n) is 7.10. The van der Waals surface area contributed by atoms with Crippen molar-refractivity contribution in [3.8, 4) is 0 Å². The third kappa shape index (κ3) is 6.87. The van der Waals surface area contributed by atoms with E-state index in [2.05, 4.69) is 55.4 Å². The fourth-order valence-corrected chi connectivity index (χ4v) is 3.85. The van der Waals surface area contributed by atoms with E-state index in [9.17, 15) is 0 Å². The molecule has 3 rings (SSSR count). The zero-order valence-electron chi connectivity index (χ0n) is 16.2. The molecule has 1 aromatic carbocycles. The summed E-state index contributed by atoms with van der Waals surface area (Å²) in [4.78, 5) is 6.88. The van der Waals surface area contributed by atoms with Crippen LogP contribution >= 0.6 is 39.9 Å². The van der Waals surface area contributed by atoms with Crippen molar-refractivity contribution in [3.63, 3.8) is 0 Å². The summed E-state index contributed by atoms with van der Waals surface area (Å²) in [5.41, 5.74) is 1.41. The van der Waals surface area contributed by atoms with Gasteiger partial charge in [0, 0.05) is 56.9 Å². The van der Waals surface area contributed by atoms with Crippen LogP contribution in [0, 0.1) is 0 Å². The molecule has 0 amide bonds. The van der Waals surface area contributed by atoms with Crippen LogP contribution in [0.5, 0.6) is 0 Å². The molecule has 1 saturated heterocycles. The molecule has 1 aliphatic heterocycles. The number of benzene rings is 1. The molecule has 0 aromatic heterocycles. The Balaban J connectivity index is 0.00000261. The highest BCUT2D eigenvalue weighted by molar-refractivity contribution is 14.0. The lowest BCUT2D eigenvalue weighted by atomic mass is 10.1. The molecule has 27 heavy (non-hydrogen) atoms. The smallest absolute Gasteiger partial charge is 0.193 e. The Labute approximate surface area is 188 Å². The highest BCUT2D eigenvalue weighted by atomic mass is 127. The number of guanidine groups is 1. The van der Waals surface area contributed by atoms with Crippen LogP contribution in [-0.2, 0) is 9.47 Å². The molecule has 1 aromatic rings. The van der Waals surface area contributed by atoms with Crippen molar-refractivity contribution in [2.45, 2.75) is 43.7 Å². The van der Waals surface area contributed by atoms with Crippen LogP contribution in [0.3, 0.4) is 0 Å². The van der Waals surface area contributed by atoms with Gasteiger partial charge in [-0.2, -0.15) is 0 Å². The summed E-state index contributed by atoms with van der Waals surface area (Å²) in [7, 11) is 3.62. The van der Waals surface area contributed by atoms with E-state index in [-0.39, 0.29) is 24.0 Å². The number of hydrogen-bond acceptors (Lipinski definition) is 3. The number of nitrogens with one attached hydrogen (secondary N) is 1. The van der Waals surface area contributed by atoms with E-state index in [1.807, 2.05) is 7.05 Å². The van der Waals surface area contributed by atoms with Gasteiger partial charge in [0.2, 0.25) is 0 Å². The van der Waals surface area contributed by atoms with Gasteiger partial charge in [0.1, 0.15) is 0 Å². The summed E-state index contributed by atoms with van der Waals surface area (Å²) in [6.45, 7) is 3.58. The molecule has 2 atom stereocenters. The average Bonchev–Trinajstić information content (AvgIpc) is 3.44. The molecule has 0 spiro atoms. The number of methoxy groups -OCH3 is 1. The van der Waals surface area contributed by atoms with Crippen LogP contribution in [0.2, 0.25) is 0 Å². The van der Waals surface area contributed by atoms with Crippen molar-refractivity contribution in [2.24, 2.45) is 4.99 Å². The fraction of sp³-hybridized carbons (Fsp3) is 0.650. The molecular formula is C20H31BrIN3O2. The van der Waals surface area contributed by atoms with Gasteiger partial charge in [0.15, 0.2) is 5.96 Å². The predicted molar refractivity (Wildman–Crippen MR) is 124 cm³/mol. The summed E-state index contributed by atoms with van der Waals surface area (Å²) in [6, 6.07) is 9.17. The quantitative estimate of drug-likeness (QED) is 0.241. The third-order valence-corrected chi connectivity index (χ3v) is 5.73. The molecule has 0 bridgehead atoms. The highest BCUT2D eigenvalue weighted by Gasteiger charge is 2.39. The number of halogens is 2. The Morgan fingerprint density at radius 2 is 1.93 bits per heavy atom. The largest absolute Gasteiger partial charge is 0.385 e. The maximum Gasteiger partial charge on any atom is 0.193 e. The zero-order chi connectivity index (χ0) is 18.4. The number of ether oxygens (including phenoxy) is 2. The highest BCUT2D eigenvalue weighted by Crippen LogP contribution is 2.41. The summed E-state index contributed by atoms with van der Waals surface area (Å²) < 4.78 is 12.2. The molecule has 1 heterocycles. The van der Waals surface area contributed by atoms with Crippen molar-refractivity contribution in [1.29, 1.82) is 0 Å². The molecule has 0 radical (unpaired) electrons. The van der Waals surface area contributed by atoms with E-state index in [1.165, 1.54) is 12.0 Å². The molecular weight excluding hydrogens is 521 g/mol. The van der Waals surface area contributed by atoms with Crippen molar-refractivity contribution in [1.82, 2.24) is 10.2 Å². The molecule has 1 N–H and O–H groups in total. The lowest BCUT2D eigenvalue weighted by Gasteiger charge is -2.34. The minimum atomic E-state index is 0. The monoisotopic (exact) mass is 551 g/mol. The maximum absolute atomic E-state index is 5.95. The Morgan fingerprint density at radius 3 is 2.56 bits per heavy atom. The van der Waals surface area contributed by atoms with E-state index >= 15 is 0 Å². The summed E-state index contributed by atoms with van der Waals surface area (Å²) in [6.07, 6.45) is 4.65. The Hall–Kier alpha value is -0.380. The number of piperidine rings is 1. The number of hydrogen-bond donors (Lipinski definition) is 1. The predicted octanol–water partition coefficient (Wildman–Crippen LogP) is 4.02. The SMILES string of the molecule is CN=C(NC1CC1c1ccc(Br)cc1)N1CCC(OCCCOC)CC1.I. The standard InChI is InChI=1S/C20H30BrN3O2.HI/c1-22-20(23-19-14-18(19)15-4-6-16(21)7-5-15)24-10-8-17(9-11-24)26-13-3-12-25-2;/h4-7,17-19H,3,8-14H2,1-2H3,(H,22,23);1H. The van der Waals surface area contributed by atoms with Gasteiger partial charge in [-0.15, -0.1) is 24.0 Å². The van der Waals surface area contributed by atoms with Gasteiger partial charge in [-0.1, -0.05) is 28.1 Å². The first-order chi connectivity index (χ1) is 12.7. The van der Waals surface area contributed by atoms with E-state index in [4.69, 9.17) is 9.47 Å². The van der Waals surface area contributed by atoms with E-state index in [1.54, 1.807) is 7.11 Å². The Kier molecular flexibility index (Phi) is 9.82. The third-order valence-electron chi connectivity index (χ3n) is 5.20. The number of rotatable bonds is 7. The van der Waals surface area contributed by atoms with Crippen LogP contribution in [0.4, 0.5) is 0 Å². The fourth-order valence-electron chi connectivity index (χ4n) is 3.58. The van der Waals surface area contributed by atoms with Gasteiger partial charge >= 0.3 is 0 Å². The second-order valence-corrected chi connectivity index (χ2v) is 8.01. The zero-order valence-corrected chi connectivity index (χ0v) is 20.1. The second kappa shape index (κ2) is 11.6. The van der Waals surface area contributed by atoms with Gasteiger partial charge in [-0.3, -0.25) is 4.99 Å². The van der Waals surface area contributed by atoms with Gasteiger partial charge in [-0.25, -0.2) is 0 Å². The summed E-state index contributed by atoms with van der Waals surface area (Å²) in [5, 5.41) is 3.66. The first-order valence-corrected chi connectivity index (χ1v) is 10.3. The van der Waals surface area contributed by atoms with Gasteiger partial charge in [0.05, 0.1) is 6.10 Å². The molecule has 7 heteroatoms. The lowest BCUT2D eigenvalue weighted by molar-refractivity contribution is 0.00989. The number of likely N-dealkylation sites (tertiary alicyclic amines) is 1. The molecule has 2 aliphatic rings. The Bertz CT molecular complexity index is 591. The molecule has 5 nitrogen and oxygen atoms in total.